The summed E-state index contributed by atoms with van der Waals surface area (Å²) in [5.74, 6) is 0.573. The van der Waals surface area contributed by atoms with Gasteiger partial charge in [-0.1, -0.05) is 6.92 Å². The molecule has 0 saturated heterocycles. The Hall–Kier alpha value is -2.05. The molecule has 0 unspecified atom stereocenters. The molecule has 0 spiro atoms. The molecular formula is C10H13N5O2. The fraction of sp³-hybridized carbons (Fsp3) is 0.500. The van der Waals surface area contributed by atoms with Crippen LogP contribution >= 0.6 is 0 Å². The van der Waals surface area contributed by atoms with Gasteiger partial charge < -0.3 is 4.74 Å². The van der Waals surface area contributed by atoms with E-state index in [0.717, 1.165) is 0 Å². The second-order valence-corrected chi connectivity index (χ2v) is 3.45. The van der Waals surface area contributed by atoms with E-state index in [1.54, 1.807) is 13.8 Å². The Balaban J connectivity index is 2.52. The van der Waals surface area contributed by atoms with Gasteiger partial charge in [0.05, 0.1) is 12.3 Å². The van der Waals surface area contributed by atoms with Crippen molar-refractivity contribution in [3.05, 3.63) is 17.2 Å². The van der Waals surface area contributed by atoms with Crippen molar-refractivity contribution in [3.8, 4) is 0 Å². The zero-order valence-corrected chi connectivity index (χ0v) is 9.97. The van der Waals surface area contributed by atoms with E-state index in [1.165, 1.54) is 4.52 Å². The summed E-state index contributed by atoms with van der Waals surface area (Å²) in [4.78, 5) is 15.8. The maximum Gasteiger partial charge on any atom is 0.360 e. The molecule has 2 aromatic heterocycles. The van der Waals surface area contributed by atoms with Gasteiger partial charge in [0.25, 0.3) is 5.78 Å². The summed E-state index contributed by atoms with van der Waals surface area (Å²) in [5, 5.41) is 11.9. The van der Waals surface area contributed by atoms with Crippen LogP contribution in [0.1, 0.15) is 35.9 Å². The molecule has 0 aromatic carbocycles. The van der Waals surface area contributed by atoms with Crippen molar-refractivity contribution in [2.75, 3.05) is 6.61 Å². The summed E-state index contributed by atoms with van der Waals surface area (Å²) in [6.07, 6.45) is 0.706. The molecular weight excluding hydrogens is 222 g/mol. The molecule has 0 N–H and O–H groups in total. The highest BCUT2D eigenvalue weighted by molar-refractivity contribution is 5.88. The van der Waals surface area contributed by atoms with E-state index in [0.29, 0.717) is 30.3 Å². The Morgan fingerprint density at radius 1 is 1.35 bits per heavy atom. The molecule has 0 amide bonds. The largest absolute Gasteiger partial charge is 0.461 e. The number of hydrogen-bond donors (Lipinski definition) is 0. The summed E-state index contributed by atoms with van der Waals surface area (Å²) >= 11 is 0. The van der Waals surface area contributed by atoms with Gasteiger partial charge in [0.1, 0.15) is 0 Å². The number of hydrogen-bond acceptors (Lipinski definition) is 6. The smallest absolute Gasteiger partial charge is 0.360 e. The van der Waals surface area contributed by atoms with E-state index in [9.17, 15) is 4.79 Å². The van der Waals surface area contributed by atoms with Crippen LogP contribution in [0.15, 0.2) is 0 Å². The molecule has 0 aliphatic rings. The first-order valence-electron chi connectivity index (χ1n) is 5.43. The van der Waals surface area contributed by atoms with Crippen molar-refractivity contribution in [3.63, 3.8) is 0 Å². The molecule has 2 rings (SSSR count). The lowest BCUT2D eigenvalue weighted by Gasteiger charge is -2.03. The minimum absolute atomic E-state index is 0.173. The molecule has 0 radical (unpaired) electrons. The van der Waals surface area contributed by atoms with Gasteiger partial charge in [0.15, 0.2) is 11.5 Å². The number of aromatic nitrogens is 5. The first-order valence-corrected chi connectivity index (χ1v) is 5.43. The number of ether oxygens (including phenoxy) is 1. The highest BCUT2D eigenvalue weighted by atomic mass is 16.5. The van der Waals surface area contributed by atoms with Crippen LogP contribution < -0.4 is 0 Å². The number of rotatable bonds is 3. The minimum atomic E-state index is -0.493. The lowest BCUT2D eigenvalue weighted by molar-refractivity contribution is 0.0516. The Labute approximate surface area is 97.8 Å². The van der Waals surface area contributed by atoms with E-state index in [-0.39, 0.29) is 5.69 Å². The van der Waals surface area contributed by atoms with Gasteiger partial charge in [0, 0.05) is 6.42 Å². The van der Waals surface area contributed by atoms with Crippen LogP contribution in [0.4, 0.5) is 0 Å². The summed E-state index contributed by atoms with van der Waals surface area (Å²) in [5.41, 5.74) is 0.757. The quantitative estimate of drug-likeness (QED) is 0.723. The van der Waals surface area contributed by atoms with Crippen LogP contribution in [0.25, 0.3) is 5.78 Å². The Morgan fingerprint density at radius 2 is 2.12 bits per heavy atom. The third kappa shape index (κ3) is 1.95. The monoisotopic (exact) mass is 235 g/mol. The molecule has 2 aromatic rings. The SMILES string of the molecule is CCOC(=O)c1nnc2nc(CC)nn2c1C. The molecule has 0 bridgehead atoms. The number of aryl methyl sites for hydroxylation is 2. The lowest BCUT2D eigenvalue weighted by atomic mass is 10.3. The maximum absolute atomic E-state index is 11.6. The van der Waals surface area contributed by atoms with E-state index < -0.39 is 5.97 Å². The number of fused-ring (bicyclic) bond motifs is 1. The van der Waals surface area contributed by atoms with Gasteiger partial charge in [-0.25, -0.2) is 4.79 Å². The summed E-state index contributed by atoms with van der Waals surface area (Å²) in [6.45, 7) is 5.73. The Morgan fingerprint density at radius 3 is 2.76 bits per heavy atom. The molecule has 0 saturated carbocycles. The van der Waals surface area contributed by atoms with Crippen molar-refractivity contribution >= 4 is 11.7 Å². The second kappa shape index (κ2) is 4.44. The van der Waals surface area contributed by atoms with Crippen molar-refractivity contribution in [2.24, 2.45) is 0 Å². The third-order valence-corrected chi connectivity index (χ3v) is 2.32. The fourth-order valence-corrected chi connectivity index (χ4v) is 1.44. The lowest BCUT2D eigenvalue weighted by Crippen LogP contribution is -2.14. The number of carbonyl (C=O) groups is 1. The highest BCUT2D eigenvalue weighted by Crippen LogP contribution is 2.07. The van der Waals surface area contributed by atoms with Gasteiger partial charge in [0.2, 0.25) is 0 Å². The average Bonchev–Trinajstić information content (AvgIpc) is 2.73. The van der Waals surface area contributed by atoms with Crippen LogP contribution in [-0.2, 0) is 11.2 Å². The molecule has 17 heavy (non-hydrogen) atoms. The van der Waals surface area contributed by atoms with Crippen LogP contribution in [0.3, 0.4) is 0 Å². The second-order valence-electron chi connectivity index (χ2n) is 3.45. The summed E-state index contributed by atoms with van der Waals surface area (Å²) < 4.78 is 6.40. The van der Waals surface area contributed by atoms with Crippen LogP contribution in [-0.4, -0.2) is 37.4 Å². The molecule has 7 nitrogen and oxygen atoms in total. The molecule has 0 aliphatic heterocycles. The Kier molecular flexibility index (Phi) is 2.99. The number of esters is 1. The van der Waals surface area contributed by atoms with Crippen molar-refractivity contribution in [1.82, 2.24) is 24.8 Å². The first kappa shape index (κ1) is 11.4. The topological polar surface area (TPSA) is 82.3 Å². The van der Waals surface area contributed by atoms with Crippen LogP contribution in [0.5, 0.6) is 0 Å². The predicted molar refractivity (Wildman–Crippen MR) is 58.6 cm³/mol. The van der Waals surface area contributed by atoms with Gasteiger partial charge in [-0.15, -0.1) is 15.3 Å². The van der Waals surface area contributed by atoms with Gasteiger partial charge in [-0.05, 0) is 13.8 Å². The Bertz CT molecular complexity index is 563. The maximum atomic E-state index is 11.6. The minimum Gasteiger partial charge on any atom is -0.461 e. The first-order chi connectivity index (χ1) is 8.17. The third-order valence-electron chi connectivity index (χ3n) is 2.32. The van der Waals surface area contributed by atoms with Crippen molar-refractivity contribution in [1.29, 1.82) is 0 Å². The van der Waals surface area contributed by atoms with Gasteiger partial charge in [-0.3, -0.25) is 0 Å². The van der Waals surface area contributed by atoms with Crippen LogP contribution in [0.2, 0.25) is 0 Å². The fourth-order valence-electron chi connectivity index (χ4n) is 1.44. The van der Waals surface area contributed by atoms with Crippen LogP contribution in [0, 0.1) is 6.92 Å². The highest BCUT2D eigenvalue weighted by Gasteiger charge is 2.17. The number of nitrogens with zero attached hydrogens (tertiary/aromatic N) is 5. The van der Waals surface area contributed by atoms with Gasteiger partial charge in [-0.2, -0.15) is 9.50 Å². The zero-order valence-electron chi connectivity index (χ0n) is 9.97. The average molecular weight is 235 g/mol. The van der Waals surface area contributed by atoms with Crippen molar-refractivity contribution in [2.45, 2.75) is 27.2 Å². The molecule has 90 valence electrons. The van der Waals surface area contributed by atoms with E-state index >= 15 is 0 Å². The predicted octanol–water partition coefficient (Wildman–Crippen LogP) is 0.567. The van der Waals surface area contributed by atoms with Gasteiger partial charge >= 0.3 is 5.97 Å². The summed E-state index contributed by atoms with van der Waals surface area (Å²) in [7, 11) is 0. The van der Waals surface area contributed by atoms with E-state index in [4.69, 9.17) is 4.74 Å². The van der Waals surface area contributed by atoms with E-state index in [1.807, 2.05) is 6.92 Å². The summed E-state index contributed by atoms with van der Waals surface area (Å²) in [6, 6.07) is 0. The molecule has 7 heteroatoms. The molecule has 0 aliphatic carbocycles. The standard InChI is InChI=1S/C10H13N5O2/c1-4-7-11-10-13-12-8(9(16)17-5-2)6(3)15(10)14-7/h4-5H2,1-3H3. The normalized spacial score (nSPS) is 10.8. The number of carbonyl (C=O) groups excluding carboxylic acids is 1. The van der Waals surface area contributed by atoms with Crippen molar-refractivity contribution < 1.29 is 9.53 Å². The molecule has 0 fully saturated rings. The molecule has 0 atom stereocenters. The molecule has 2 heterocycles. The zero-order chi connectivity index (χ0) is 12.4. The van der Waals surface area contributed by atoms with E-state index in [2.05, 4.69) is 20.3 Å².